The maximum atomic E-state index is 13.4. The van der Waals surface area contributed by atoms with E-state index in [4.69, 9.17) is 9.47 Å². The third-order valence-electron chi connectivity index (χ3n) is 5.41. The Morgan fingerprint density at radius 3 is 2.69 bits per heavy atom. The maximum Gasteiger partial charge on any atom is 0.317 e. The first-order chi connectivity index (χ1) is 15.4. The molecule has 174 valence electrons. The Hall–Kier alpha value is -2.74. The van der Waals surface area contributed by atoms with Gasteiger partial charge in [-0.15, -0.1) is 11.3 Å². The molecule has 3 amide bonds. The van der Waals surface area contributed by atoms with Crippen LogP contribution >= 0.6 is 11.3 Å². The van der Waals surface area contributed by atoms with Gasteiger partial charge in [-0.1, -0.05) is 26.0 Å². The van der Waals surface area contributed by atoms with Crippen LogP contribution in [-0.4, -0.2) is 61.6 Å². The first-order valence-corrected chi connectivity index (χ1v) is 12.0. The Morgan fingerprint density at radius 2 is 2.00 bits per heavy atom. The minimum atomic E-state index is -0.211. The van der Waals surface area contributed by atoms with Crippen molar-refractivity contribution in [3.63, 3.8) is 0 Å². The van der Waals surface area contributed by atoms with E-state index in [0.717, 1.165) is 12.0 Å². The van der Waals surface area contributed by atoms with Crippen LogP contribution in [-0.2, 0) is 11.2 Å². The smallest absolute Gasteiger partial charge is 0.317 e. The molecule has 0 unspecified atom stereocenters. The molecule has 0 aliphatic carbocycles. The summed E-state index contributed by atoms with van der Waals surface area (Å²) in [6, 6.07) is 9.16. The molecule has 1 N–H and O–H groups in total. The number of nitrogens with zero attached hydrogens (tertiary/aromatic N) is 2. The van der Waals surface area contributed by atoms with Crippen LogP contribution in [0.5, 0.6) is 11.5 Å². The molecule has 0 fully saturated rings. The van der Waals surface area contributed by atoms with Crippen molar-refractivity contribution in [1.82, 2.24) is 15.1 Å². The summed E-state index contributed by atoms with van der Waals surface area (Å²) in [4.78, 5) is 30.7. The van der Waals surface area contributed by atoms with Gasteiger partial charge < -0.3 is 24.6 Å². The zero-order valence-corrected chi connectivity index (χ0v) is 20.1. The number of carbonyl (C=O) groups excluding carboxylic acids is 2. The Kier molecular flexibility index (Phi) is 8.39. The van der Waals surface area contributed by atoms with Gasteiger partial charge in [0, 0.05) is 24.5 Å². The second-order valence-corrected chi connectivity index (χ2v) is 9.22. The molecule has 3 rings (SSSR count). The number of rotatable bonds is 9. The van der Waals surface area contributed by atoms with E-state index >= 15 is 0 Å². The normalized spacial score (nSPS) is 15.3. The molecule has 8 heteroatoms. The Labute approximate surface area is 194 Å². The van der Waals surface area contributed by atoms with E-state index < -0.39 is 0 Å². The monoisotopic (exact) mass is 459 g/mol. The standard InChI is InChI=1S/C24H33N3O4S/c1-5-25-24(29)26(14-17(2)3)15-23(28)27-12-10-22-18(11-13-32-22)19(27)16-31-21-9-7-6-8-20(21)30-4/h6-9,11,13,17,19H,5,10,12,14-16H2,1-4H3,(H,25,29)/t19-/m0/s1. The molecule has 0 radical (unpaired) electrons. The number of benzene rings is 1. The minimum Gasteiger partial charge on any atom is -0.493 e. The van der Waals surface area contributed by atoms with E-state index in [1.165, 1.54) is 4.88 Å². The molecule has 2 aromatic rings. The van der Waals surface area contributed by atoms with Gasteiger partial charge in [-0.2, -0.15) is 0 Å². The molecule has 0 saturated carbocycles. The van der Waals surface area contributed by atoms with Crippen LogP contribution in [0.1, 0.15) is 37.3 Å². The van der Waals surface area contributed by atoms with Gasteiger partial charge in [0.15, 0.2) is 11.5 Å². The number of fused-ring (bicyclic) bond motifs is 1. The fraction of sp³-hybridized carbons (Fsp3) is 0.500. The second kappa shape index (κ2) is 11.2. The van der Waals surface area contributed by atoms with Crippen LogP contribution in [0.3, 0.4) is 0 Å². The van der Waals surface area contributed by atoms with Crippen LogP contribution < -0.4 is 14.8 Å². The van der Waals surface area contributed by atoms with Crippen molar-refractivity contribution in [1.29, 1.82) is 0 Å². The number of nitrogens with one attached hydrogen (secondary N) is 1. The zero-order valence-electron chi connectivity index (χ0n) is 19.3. The molecular weight excluding hydrogens is 426 g/mol. The number of ether oxygens (including phenoxy) is 2. The number of hydrogen-bond donors (Lipinski definition) is 1. The number of hydrogen-bond acceptors (Lipinski definition) is 5. The Balaban J connectivity index is 1.78. The highest BCUT2D eigenvalue weighted by atomic mass is 32.1. The number of thiophene rings is 1. The fourth-order valence-corrected chi connectivity index (χ4v) is 4.89. The summed E-state index contributed by atoms with van der Waals surface area (Å²) >= 11 is 1.71. The van der Waals surface area contributed by atoms with E-state index in [1.807, 2.05) is 49.9 Å². The summed E-state index contributed by atoms with van der Waals surface area (Å²) in [5, 5.41) is 4.88. The summed E-state index contributed by atoms with van der Waals surface area (Å²) in [5.74, 6) is 1.50. The summed E-state index contributed by atoms with van der Waals surface area (Å²) in [6.45, 7) is 7.99. The minimum absolute atomic E-state index is 0.0502. The molecule has 0 saturated heterocycles. The van der Waals surface area contributed by atoms with E-state index in [1.54, 1.807) is 23.3 Å². The van der Waals surface area contributed by atoms with Crippen LogP contribution in [0.2, 0.25) is 0 Å². The van der Waals surface area contributed by atoms with E-state index in [2.05, 4.69) is 16.8 Å². The average molecular weight is 460 g/mol. The highest BCUT2D eigenvalue weighted by Crippen LogP contribution is 2.35. The largest absolute Gasteiger partial charge is 0.493 e. The molecule has 1 aliphatic heterocycles. The van der Waals surface area contributed by atoms with Crippen molar-refractivity contribution in [3.8, 4) is 11.5 Å². The lowest BCUT2D eigenvalue weighted by Gasteiger charge is -2.37. The molecule has 1 aromatic heterocycles. The number of methoxy groups -OCH3 is 1. The van der Waals surface area contributed by atoms with Crippen molar-refractivity contribution in [2.24, 2.45) is 5.92 Å². The molecule has 2 heterocycles. The third-order valence-corrected chi connectivity index (χ3v) is 6.40. The third kappa shape index (κ3) is 5.73. The van der Waals surface area contributed by atoms with E-state index in [-0.39, 0.29) is 30.4 Å². The highest BCUT2D eigenvalue weighted by Gasteiger charge is 2.33. The average Bonchev–Trinajstić information content (AvgIpc) is 3.26. The van der Waals surface area contributed by atoms with Crippen molar-refractivity contribution in [3.05, 3.63) is 46.2 Å². The van der Waals surface area contributed by atoms with Crippen molar-refractivity contribution >= 4 is 23.3 Å². The molecule has 0 spiro atoms. The number of carbonyl (C=O) groups is 2. The van der Waals surface area contributed by atoms with Crippen molar-refractivity contribution in [2.45, 2.75) is 33.2 Å². The van der Waals surface area contributed by atoms with Gasteiger partial charge in [0.25, 0.3) is 0 Å². The zero-order chi connectivity index (χ0) is 23.1. The molecular formula is C24H33N3O4S. The van der Waals surface area contributed by atoms with E-state index in [9.17, 15) is 9.59 Å². The van der Waals surface area contributed by atoms with Crippen LogP contribution in [0, 0.1) is 5.92 Å². The lowest BCUT2D eigenvalue weighted by atomic mass is 10.0. The first-order valence-electron chi connectivity index (χ1n) is 11.1. The predicted octanol–water partition coefficient (Wildman–Crippen LogP) is 3.95. The van der Waals surface area contributed by atoms with E-state index in [0.29, 0.717) is 37.7 Å². The van der Waals surface area contributed by atoms with Crippen molar-refractivity contribution < 1.29 is 19.1 Å². The lowest BCUT2D eigenvalue weighted by Crippen LogP contribution is -2.50. The summed E-state index contributed by atoms with van der Waals surface area (Å²) in [5.41, 5.74) is 1.12. The second-order valence-electron chi connectivity index (χ2n) is 8.22. The molecule has 7 nitrogen and oxygen atoms in total. The summed E-state index contributed by atoms with van der Waals surface area (Å²) < 4.78 is 11.5. The summed E-state index contributed by atoms with van der Waals surface area (Å²) in [7, 11) is 1.61. The maximum absolute atomic E-state index is 13.4. The Morgan fingerprint density at radius 1 is 1.25 bits per heavy atom. The van der Waals surface area contributed by atoms with Crippen LogP contribution in [0.4, 0.5) is 4.79 Å². The van der Waals surface area contributed by atoms with Gasteiger partial charge in [-0.3, -0.25) is 4.79 Å². The van der Waals surface area contributed by atoms with Gasteiger partial charge in [-0.25, -0.2) is 4.79 Å². The number of para-hydroxylation sites is 2. The molecule has 0 bridgehead atoms. The molecule has 1 atom stereocenters. The number of amides is 3. The predicted molar refractivity (Wildman–Crippen MR) is 126 cm³/mol. The fourth-order valence-electron chi connectivity index (χ4n) is 3.96. The highest BCUT2D eigenvalue weighted by molar-refractivity contribution is 7.10. The number of urea groups is 1. The van der Waals surface area contributed by atoms with Crippen LogP contribution in [0.15, 0.2) is 35.7 Å². The molecule has 1 aromatic carbocycles. The van der Waals surface area contributed by atoms with Crippen LogP contribution in [0.25, 0.3) is 0 Å². The first kappa shape index (κ1) is 23.9. The molecule has 1 aliphatic rings. The van der Waals surface area contributed by atoms with Crippen molar-refractivity contribution in [2.75, 3.05) is 39.9 Å². The topological polar surface area (TPSA) is 71.1 Å². The SMILES string of the molecule is CCNC(=O)N(CC(=O)N1CCc2sccc2[C@@H]1COc1ccccc1OC)CC(C)C. The van der Waals surface area contributed by atoms with Gasteiger partial charge in [-0.05, 0) is 48.4 Å². The quantitative estimate of drug-likeness (QED) is 0.616. The van der Waals surface area contributed by atoms with Gasteiger partial charge in [0.1, 0.15) is 13.2 Å². The summed E-state index contributed by atoms with van der Waals surface area (Å²) in [6.07, 6.45) is 0.815. The Bertz CT molecular complexity index is 914. The molecule has 32 heavy (non-hydrogen) atoms. The van der Waals surface area contributed by atoms with Gasteiger partial charge in [0.2, 0.25) is 5.91 Å². The lowest BCUT2D eigenvalue weighted by molar-refractivity contribution is -0.135. The van der Waals surface area contributed by atoms with Gasteiger partial charge in [0.05, 0.1) is 13.2 Å². The van der Waals surface area contributed by atoms with Gasteiger partial charge >= 0.3 is 6.03 Å².